The van der Waals surface area contributed by atoms with Crippen molar-refractivity contribution in [2.24, 2.45) is 5.73 Å². The molecule has 0 spiro atoms. The second-order valence-electron chi connectivity index (χ2n) is 4.40. The van der Waals surface area contributed by atoms with Gasteiger partial charge in [0.25, 0.3) is 0 Å². The van der Waals surface area contributed by atoms with E-state index in [9.17, 15) is 0 Å². The predicted octanol–water partition coefficient (Wildman–Crippen LogP) is 2.41. The molecule has 0 aromatic carbocycles. The van der Waals surface area contributed by atoms with Crippen molar-refractivity contribution < 1.29 is 0 Å². The van der Waals surface area contributed by atoms with Crippen LogP contribution >= 0.6 is 11.3 Å². The fourth-order valence-electron chi connectivity index (χ4n) is 2.38. The molecule has 1 aliphatic rings. The number of rotatable bonds is 5. The summed E-state index contributed by atoms with van der Waals surface area (Å²) in [7, 11) is 0. The summed E-state index contributed by atoms with van der Waals surface area (Å²) >= 11 is 1.77. The number of nitrogens with two attached hydrogens (primary N) is 1. The number of aryl methyl sites for hydroxylation is 1. The van der Waals surface area contributed by atoms with Crippen LogP contribution in [-0.4, -0.2) is 24.1 Å². The maximum Gasteiger partial charge on any atom is 0.185 e. The van der Waals surface area contributed by atoms with E-state index in [1.165, 1.54) is 36.5 Å². The van der Waals surface area contributed by atoms with Gasteiger partial charge in [-0.15, -0.1) is 11.3 Å². The van der Waals surface area contributed by atoms with Gasteiger partial charge in [-0.1, -0.05) is 19.8 Å². The van der Waals surface area contributed by atoms with Crippen LogP contribution in [0.15, 0.2) is 5.38 Å². The van der Waals surface area contributed by atoms with Crippen molar-refractivity contribution in [3.8, 4) is 0 Å². The molecule has 16 heavy (non-hydrogen) atoms. The fourth-order valence-corrected chi connectivity index (χ4v) is 3.39. The Balaban J connectivity index is 2.10. The highest BCUT2D eigenvalue weighted by atomic mass is 32.1. The monoisotopic (exact) mass is 239 g/mol. The Kier molecular flexibility index (Phi) is 4.18. The van der Waals surface area contributed by atoms with E-state index in [4.69, 9.17) is 5.73 Å². The van der Waals surface area contributed by atoms with E-state index >= 15 is 0 Å². The first-order valence-electron chi connectivity index (χ1n) is 6.26. The minimum Gasteiger partial charge on any atom is -0.344 e. The molecule has 1 heterocycles. The van der Waals surface area contributed by atoms with Crippen LogP contribution in [0.1, 0.15) is 38.3 Å². The standard InChI is InChI=1S/C12H21N3S/c1-2-10-9-16-12(14-10)15(8-7-13)11-5-3-4-6-11/h9,11H,2-8,13H2,1H3. The van der Waals surface area contributed by atoms with Crippen LogP contribution in [0.4, 0.5) is 5.13 Å². The van der Waals surface area contributed by atoms with E-state index in [1.54, 1.807) is 11.3 Å². The van der Waals surface area contributed by atoms with E-state index in [-0.39, 0.29) is 0 Å². The number of aromatic nitrogens is 1. The van der Waals surface area contributed by atoms with Gasteiger partial charge in [0.1, 0.15) is 0 Å². The first kappa shape index (κ1) is 11.9. The van der Waals surface area contributed by atoms with Gasteiger partial charge in [-0.3, -0.25) is 0 Å². The topological polar surface area (TPSA) is 42.1 Å². The third kappa shape index (κ3) is 2.55. The van der Waals surface area contributed by atoms with Crippen LogP contribution in [0.25, 0.3) is 0 Å². The Hall–Kier alpha value is -0.610. The molecule has 0 saturated heterocycles. The Labute approximate surface area is 102 Å². The Morgan fingerprint density at radius 1 is 1.50 bits per heavy atom. The number of thiazole rings is 1. The molecule has 0 radical (unpaired) electrons. The molecule has 90 valence electrons. The second kappa shape index (κ2) is 5.64. The average molecular weight is 239 g/mol. The average Bonchev–Trinajstić information content (AvgIpc) is 2.97. The van der Waals surface area contributed by atoms with Crippen LogP contribution in [0.5, 0.6) is 0 Å². The largest absolute Gasteiger partial charge is 0.344 e. The molecule has 0 aliphatic heterocycles. The molecule has 2 N–H and O–H groups in total. The van der Waals surface area contributed by atoms with E-state index in [1.807, 2.05) is 0 Å². The zero-order valence-electron chi connectivity index (χ0n) is 9.98. The zero-order chi connectivity index (χ0) is 11.4. The molecule has 3 nitrogen and oxygen atoms in total. The maximum atomic E-state index is 5.71. The Morgan fingerprint density at radius 2 is 2.25 bits per heavy atom. The van der Waals surface area contributed by atoms with Gasteiger partial charge in [-0.2, -0.15) is 0 Å². The minimum absolute atomic E-state index is 0.680. The van der Waals surface area contributed by atoms with Crippen LogP contribution in [-0.2, 0) is 6.42 Å². The summed E-state index contributed by atoms with van der Waals surface area (Å²) in [4.78, 5) is 7.11. The molecule has 1 aromatic heterocycles. The molecular weight excluding hydrogens is 218 g/mol. The maximum absolute atomic E-state index is 5.71. The van der Waals surface area contributed by atoms with Gasteiger partial charge in [0.15, 0.2) is 5.13 Å². The highest BCUT2D eigenvalue weighted by molar-refractivity contribution is 7.13. The van der Waals surface area contributed by atoms with Crippen molar-refractivity contribution >= 4 is 16.5 Å². The molecule has 0 bridgehead atoms. The van der Waals surface area contributed by atoms with Crippen molar-refractivity contribution in [1.82, 2.24) is 4.98 Å². The summed E-state index contributed by atoms with van der Waals surface area (Å²) < 4.78 is 0. The quantitative estimate of drug-likeness (QED) is 0.858. The molecule has 4 heteroatoms. The van der Waals surface area contributed by atoms with Crippen LogP contribution in [0, 0.1) is 0 Å². The summed E-state index contributed by atoms with van der Waals surface area (Å²) in [6, 6.07) is 0.680. The van der Waals surface area contributed by atoms with Gasteiger partial charge in [0.05, 0.1) is 5.69 Å². The lowest BCUT2D eigenvalue weighted by Gasteiger charge is -2.27. The lowest BCUT2D eigenvalue weighted by Crippen LogP contribution is -2.37. The Morgan fingerprint density at radius 3 is 2.81 bits per heavy atom. The summed E-state index contributed by atoms with van der Waals surface area (Å²) in [6.45, 7) is 3.82. The summed E-state index contributed by atoms with van der Waals surface area (Å²) in [5.41, 5.74) is 6.92. The SMILES string of the molecule is CCc1csc(N(CCN)C2CCCC2)n1. The molecule has 1 aromatic rings. The predicted molar refractivity (Wildman–Crippen MR) is 70.1 cm³/mol. The molecule has 0 atom stereocenters. The number of anilines is 1. The summed E-state index contributed by atoms with van der Waals surface area (Å²) in [5, 5.41) is 3.35. The van der Waals surface area contributed by atoms with Crippen LogP contribution in [0.2, 0.25) is 0 Å². The number of nitrogens with zero attached hydrogens (tertiary/aromatic N) is 2. The van der Waals surface area contributed by atoms with E-state index in [0.29, 0.717) is 6.04 Å². The highest BCUT2D eigenvalue weighted by Gasteiger charge is 2.24. The second-order valence-corrected chi connectivity index (χ2v) is 5.23. The van der Waals surface area contributed by atoms with Crippen molar-refractivity contribution in [3.63, 3.8) is 0 Å². The van der Waals surface area contributed by atoms with Crippen LogP contribution in [0.3, 0.4) is 0 Å². The molecule has 2 rings (SSSR count). The van der Waals surface area contributed by atoms with Crippen molar-refractivity contribution in [2.45, 2.75) is 45.1 Å². The van der Waals surface area contributed by atoms with Gasteiger partial charge in [-0.25, -0.2) is 4.98 Å². The van der Waals surface area contributed by atoms with Gasteiger partial charge < -0.3 is 10.6 Å². The molecular formula is C12H21N3S. The van der Waals surface area contributed by atoms with Gasteiger partial charge in [-0.05, 0) is 19.3 Å². The fraction of sp³-hybridized carbons (Fsp3) is 0.750. The first-order valence-corrected chi connectivity index (χ1v) is 7.14. The van der Waals surface area contributed by atoms with E-state index in [2.05, 4.69) is 22.2 Å². The van der Waals surface area contributed by atoms with Crippen molar-refractivity contribution in [1.29, 1.82) is 0 Å². The third-order valence-electron chi connectivity index (χ3n) is 3.28. The smallest absolute Gasteiger partial charge is 0.185 e. The van der Waals surface area contributed by atoms with Gasteiger partial charge in [0, 0.05) is 24.5 Å². The molecule has 0 amide bonds. The lowest BCUT2D eigenvalue weighted by atomic mass is 10.2. The van der Waals surface area contributed by atoms with E-state index < -0.39 is 0 Å². The van der Waals surface area contributed by atoms with Gasteiger partial charge in [0.2, 0.25) is 0 Å². The molecule has 0 unspecified atom stereocenters. The van der Waals surface area contributed by atoms with Crippen molar-refractivity contribution in [3.05, 3.63) is 11.1 Å². The third-order valence-corrected chi connectivity index (χ3v) is 4.21. The lowest BCUT2D eigenvalue weighted by molar-refractivity contribution is 0.606. The van der Waals surface area contributed by atoms with E-state index in [0.717, 1.165) is 19.5 Å². The van der Waals surface area contributed by atoms with Crippen molar-refractivity contribution in [2.75, 3.05) is 18.0 Å². The Bertz CT molecular complexity index is 318. The van der Waals surface area contributed by atoms with Gasteiger partial charge >= 0.3 is 0 Å². The summed E-state index contributed by atoms with van der Waals surface area (Å²) in [5.74, 6) is 0. The van der Waals surface area contributed by atoms with Crippen LogP contribution < -0.4 is 10.6 Å². The number of hydrogen-bond acceptors (Lipinski definition) is 4. The normalized spacial score (nSPS) is 16.9. The zero-order valence-corrected chi connectivity index (χ0v) is 10.8. The molecule has 1 saturated carbocycles. The molecule has 1 aliphatic carbocycles. The summed E-state index contributed by atoms with van der Waals surface area (Å²) in [6.07, 6.45) is 6.36. The minimum atomic E-state index is 0.680. The molecule has 1 fully saturated rings. The highest BCUT2D eigenvalue weighted by Crippen LogP contribution is 2.30. The first-order chi connectivity index (χ1) is 7.85. The number of hydrogen-bond donors (Lipinski definition) is 1.